The van der Waals surface area contributed by atoms with Crippen LogP contribution in [-0.4, -0.2) is 44.2 Å². The van der Waals surface area contributed by atoms with E-state index in [2.05, 4.69) is 10.6 Å². The molecule has 1 aromatic heterocycles. The third kappa shape index (κ3) is 5.18. The van der Waals surface area contributed by atoms with Crippen LogP contribution in [0.25, 0.3) is 0 Å². The minimum absolute atomic E-state index is 0.119. The van der Waals surface area contributed by atoms with Crippen LogP contribution in [-0.2, 0) is 26.2 Å². The molecule has 0 saturated carbocycles. The fraction of sp³-hybridized carbons (Fsp3) is 0.368. The molecule has 1 saturated heterocycles. The molecule has 1 atom stereocenters. The van der Waals surface area contributed by atoms with E-state index in [1.807, 2.05) is 17.5 Å². The summed E-state index contributed by atoms with van der Waals surface area (Å²) >= 11 is 1.55. The van der Waals surface area contributed by atoms with Gasteiger partial charge in [0.25, 0.3) is 0 Å². The molecule has 3 rings (SSSR count). The highest BCUT2D eigenvalue weighted by Gasteiger charge is 2.33. The molecule has 1 aromatic carbocycles. The van der Waals surface area contributed by atoms with Crippen LogP contribution in [0.15, 0.2) is 52.7 Å². The zero-order valence-electron chi connectivity index (χ0n) is 15.3. The third-order valence-electron chi connectivity index (χ3n) is 4.60. The van der Waals surface area contributed by atoms with Crippen LogP contribution >= 0.6 is 11.3 Å². The topological polar surface area (TPSA) is 95.6 Å². The van der Waals surface area contributed by atoms with Crippen LogP contribution in [0, 0.1) is 5.92 Å². The number of amides is 2. The van der Waals surface area contributed by atoms with Gasteiger partial charge in [0.05, 0.1) is 23.9 Å². The molecule has 0 spiro atoms. The number of carbonyl (C=O) groups is 2. The highest BCUT2D eigenvalue weighted by atomic mass is 32.2. The molecule has 28 heavy (non-hydrogen) atoms. The van der Waals surface area contributed by atoms with Gasteiger partial charge in [0.1, 0.15) is 0 Å². The first-order valence-electron chi connectivity index (χ1n) is 9.09. The lowest BCUT2D eigenvalue weighted by Gasteiger charge is -2.31. The van der Waals surface area contributed by atoms with Crippen LogP contribution in [0.5, 0.6) is 0 Å². The number of piperidine rings is 1. The normalized spacial score (nSPS) is 17.8. The molecule has 150 valence electrons. The fourth-order valence-electron chi connectivity index (χ4n) is 3.09. The van der Waals surface area contributed by atoms with E-state index in [9.17, 15) is 18.0 Å². The second-order valence-corrected chi connectivity index (χ2v) is 9.56. The van der Waals surface area contributed by atoms with Crippen molar-refractivity contribution >= 4 is 33.2 Å². The fourth-order valence-corrected chi connectivity index (χ4v) is 5.28. The summed E-state index contributed by atoms with van der Waals surface area (Å²) in [6, 6.07) is 12.0. The third-order valence-corrected chi connectivity index (χ3v) is 7.35. The summed E-state index contributed by atoms with van der Waals surface area (Å²) in [5.74, 6) is -1.03. The van der Waals surface area contributed by atoms with Crippen LogP contribution in [0.1, 0.15) is 17.7 Å². The molecule has 2 N–H and O–H groups in total. The summed E-state index contributed by atoms with van der Waals surface area (Å²) in [4.78, 5) is 25.6. The van der Waals surface area contributed by atoms with E-state index < -0.39 is 15.9 Å². The largest absolute Gasteiger partial charge is 0.350 e. The molecule has 0 radical (unpaired) electrons. The van der Waals surface area contributed by atoms with Crippen LogP contribution < -0.4 is 10.6 Å². The number of sulfonamides is 1. The minimum atomic E-state index is -3.62. The number of rotatable bonds is 7. The lowest BCUT2D eigenvalue weighted by Crippen LogP contribution is -2.47. The van der Waals surface area contributed by atoms with Gasteiger partial charge in [-0.1, -0.05) is 24.3 Å². The molecule has 0 bridgehead atoms. The molecule has 9 heteroatoms. The summed E-state index contributed by atoms with van der Waals surface area (Å²) in [6.45, 7) is 0.827. The van der Waals surface area contributed by atoms with Crippen molar-refractivity contribution in [2.75, 3.05) is 19.6 Å². The van der Waals surface area contributed by atoms with Gasteiger partial charge in [-0.25, -0.2) is 8.42 Å². The zero-order chi connectivity index (χ0) is 20.0. The lowest BCUT2D eigenvalue weighted by molar-refractivity contribution is -0.129. The molecule has 7 nitrogen and oxygen atoms in total. The predicted octanol–water partition coefficient (Wildman–Crippen LogP) is 1.58. The summed E-state index contributed by atoms with van der Waals surface area (Å²) < 4.78 is 26.9. The van der Waals surface area contributed by atoms with Crippen LogP contribution in [0.4, 0.5) is 0 Å². The van der Waals surface area contributed by atoms with Crippen molar-refractivity contribution in [3.8, 4) is 0 Å². The van der Waals surface area contributed by atoms with Crippen molar-refractivity contribution in [3.63, 3.8) is 0 Å². The lowest BCUT2D eigenvalue weighted by atomic mass is 9.99. The van der Waals surface area contributed by atoms with E-state index in [0.717, 1.165) is 4.88 Å². The summed E-state index contributed by atoms with van der Waals surface area (Å²) in [5, 5.41) is 7.31. The highest BCUT2D eigenvalue weighted by Crippen LogP contribution is 2.23. The van der Waals surface area contributed by atoms with E-state index in [4.69, 9.17) is 0 Å². The van der Waals surface area contributed by atoms with E-state index in [0.29, 0.717) is 25.9 Å². The van der Waals surface area contributed by atoms with Gasteiger partial charge in [-0.15, -0.1) is 11.3 Å². The number of hydrogen-bond donors (Lipinski definition) is 2. The van der Waals surface area contributed by atoms with Crippen molar-refractivity contribution in [2.45, 2.75) is 24.3 Å². The van der Waals surface area contributed by atoms with Gasteiger partial charge in [0.15, 0.2) is 0 Å². The molecular weight excluding hydrogens is 398 g/mol. The summed E-state index contributed by atoms with van der Waals surface area (Å²) in [5.41, 5.74) is 0. The predicted molar refractivity (Wildman–Crippen MR) is 107 cm³/mol. The van der Waals surface area contributed by atoms with Gasteiger partial charge in [0.2, 0.25) is 21.8 Å². The first-order valence-corrected chi connectivity index (χ1v) is 11.4. The molecular formula is C19H23N3O4S2. The first kappa shape index (κ1) is 20.5. The van der Waals surface area contributed by atoms with Crippen molar-refractivity contribution in [1.82, 2.24) is 14.9 Å². The van der Waals surface area contributed by atoms with Gasteiger partial charge >= 0.3 is 0 Å². The average molecular weight is 422 g/mol. The molecule has 1 unspecified atom stereocenters. The number of thiophene rings is 1. The van der Waals surface area contributed by atoms with E-state index in [-0.39, 0.29) is 29.8 Å². The SMILES string of the molecule is O=C(CNC(=O)C1CCCN(S(=O)(=O)c2ccccc2)C1)NCc1cccs1. The van der Waals surface area contributed by atoms with Gasteiger partial charge in [-0.2, -0.15) is 4.31 Å². The maximum absolute atomic E-state index is 12.8. The summed E-state index contributed by atoms with van der Waals surface area (Å²) in [7, 11) is -3.62. The van der Waals surface area contributed by atoms with Gasteiger partial charge in [0, 0.05) is 18.0 Å². The maximum atomic E-state index is 12.8. The Bertz CT molecular complexity index is 899. The standard InChI is InChI=1S/C19H23N3O4S2/c23-18(20-12-16-7-5-11-27-16)13-21-19(24)15-6-4-10-22(14-15)28(25,26)17-8-2-1-3-9-17/h1-3,5,7-9,11,15H,4,6,10,12-14H2,(H,20,23)(H,21,24). The van der Waals surface area contributed by atoms with Crippen molar-refractivity contribution in [1.29, 1.82) is 0 Å². The Labute approximate surface area is 168 Å². The van der Waals surface area contributed by atoms with Crippen molar-refractivity contribution < 1.29 is 18.0 Å². The Balaban J connectivity index is 1.51. The highest BCUT2D eigenvalue weighted by molar-refractivity contribution is 7.89. The van der Waals surface area contributed by atoms with Crippen LogP contribution in [0.3, 0.4) is 0 Å². The molecule has 1 fully saturated rings. The molecule has 2 heterocycles. The molecule has 1 aliphatic heterocycles. The Hall–Kier alpha value is -2.23. The van der Waals surface area contributed by atoms with E-state index in [1.165, 1.54) is 4.31 Å². The van der Waals surface area contributed by atoms with Gasteiger partial charge in [-0.3, -0.25) is 9.59 Å². The quantitative estimate of drug-likeness (QED) is 0.710. The average Bonchev–Trinajstić information content (AvgIpc) is 3.25. The first-order chi connectivity index (χ1) is 13.5. The number of hydrogen-bond acceptors (Lipinski definition) is 5. The minimum Gasteiger partial charge on any atom is -0.350 e. The number of benzene rings is 1. The Morgan fingerprint density at radius 2 is 1.89 bits per heavy atom. The molecule has 1 aliphatic rings. The van der Waals surface area contributed by atoms with Gasteiger partial charge < -0.3 is 10.6 Å². The molecule has 2 amide bonds. The molecule has 2 aromatic rings. The van der Waals surface area contributed by atoms with Crippen LogP contribution in [0.2, 0.25) is 0 Å². The Morgan fingerprint density at radius 3 is 2.61 bits per heavy atom. The van der Waals surface area contributed by atoms with E-state index >= 15 is 0 Å². The second kappa shape index (κ2) is 9.31. The second-order valence-electron chi connectivity index (χ2n) is 6.59. The Morgan fingerprint density at radius 1 is 1.11 bits per heavy atom. The Kier molecular flexibility index (Phi) is 6.82. The number of nitrogens with one attached hydrogen (secondary N) is 2. The van der Waals surface area contributed by atoms with Gasteiger partial charge in [-0.05, 0) is 36.4 Å². The van der Waals surface area contributed by atoms with Crippen molar-refractivity contribution in [3.05, 3.63) is 52.7 Å². The zero-order valence-corrected chi connectivity index (χ0v) is 17.0. The van der Waals surface area contributed by atoms with Crippen molar-refractivity contribution in [2.24, 2.45) is 5.92 Å². The maximum Gasteiger partial charge on any atom is 0.243 e. The number of nitrogens with zero attached hydrogens (tertiary/aromatic N) is 1. The smallest absolute Gasteiger partial charge is 0.243 e. The van der Waals surface area contributed by atoms with E-state index in [1.54, 1.807) is 41.7 Å². The number of carbonyl (C=O) groups excluding carboxylic acids is 2. The summed E-state index contributed by atoms with van der Waals surface area (Å²) in [6.07, 6.45) is 1.21. The monoisotopic (exact) mass is 421 g/mol. The molecule has 0 aliphatic carbocycles.